The van der Waals surface area contributed by atoms with Gasteiger partial charge in [-0.3, -0.25) is 10.3 Å². The lowest BCUT2D eigenvalue weighted by Crippen LogP contribution is -2.38. The number of rotatable bonds is 5. The summed E-state index contributed by atoms with van der Waals surface area (Å²) in [4.78, 5) is 2.30. The van der Waals surface area contributed by atoms with Crippen molar-refractivity contribution in [1.29, 1.82) is 5.41 Å². The van der Waals surface area contributed by atoms with Gasteiger partial charge in [0.05, 0.1) is 6.10 Å². The van der Waals surface area contributed by atoms with E-state index >= 15 is 0 Å². The molecule has 19 heavy (non-hydrogen) atoms. The quantitative estimate of drug-likeness (QED) is 0.542. The van der Waals surface area contributed by atoms with Gasteiger partial charge in [-0.05, 0) is 37.1 Å². The summed E-state index contributed by atoms with van der Waals surface area (Å²) in [6.45, 7) is 3.39. The number of aliphatic hydroxyl groups excluding tert-OH is 1. The van der Waals surface area contributed by atoms with Crippen molar-refractivity contribution < 1.29 is 9.84 Å². The monoisotopic (exact) mass is 263 g/mol. The van der Waals surface area contributed by atoms with Crippen LogP contribution in [0.25, 0.3) is 0 Å². The lowest BCUT2D eigenvalue weighted by atomic mass is 10.1. The first-order valence-corrected chi connectivity index (χ1v) is 6.63. The zero-order valence-corrected chi connectivity index (χ0v) is 11.0. The van der Waals surface area contributed by atoms with Crippen LogP contribution in [0, 0.1) is 5.41 Å². The molecule has 1 heterocycles. The van der Waals surface area contributed by atoms with E-state index in [9.17, 15) is 5.11 Å². The lowest BCUT2D eigenvalue weighted by molar-refractivity contribution is 0.0755. The highest BCUT2D eigenvalue weighted by molar-refractivity contribution is 5.94. The van der Waals surface area contributed by atoms with Gasteiger partial charge in [-0.15, -0.1) is 0 Å². The third-order valence-electron chi connectivity index (χ3n) is 3.40. The summed E-state index contributed by atoms with van der Waals surface area (Å²) in [5.41, 5.74) is 6.09. The third-order valence-corrected chi connectivity index (χ3v) is 3.40. The smallest absolute Gasteiger partial charge is 0.122 e. The van der Waals surface area contributed by atoms with Gasteiger partial charge in [-0.25, -0.2) is 0 Å². The molecular weight excluding hydrogens is 242 g/mol. The Labute approximate surface area is 113 Å². The maximum absolute atomic E-state index is 9.42. The Morgan fingerprint density at radius 1 is 1.32 bits per heavy atom. The summed E-state index contributed by atoms with van der Waals surface area (Å²) in [5, 5.41) is 16.7. The molecule has 0 amide bonds. The minimum absolute atomic E-state index is 0.0680. The lowest BCUT2D eigenvalue weighted by Gasteiger charge is -2.29. The van der Waals surface area contributed by atoms with E-state index in [0.717, 1.165) is 38.2 Å². The van der Waals surface area contributed by atoms with E-state index in [1.54, 1.807) is 12.1 Å². The zero-order valence-electron chi connectivity index (χ0n) is 11.0. The summed E-state index contributed by atoms with van der Waals surface area (Å²) in [6.07, 6.45) is 1.58. The first-order valence-electron chi connectivity index (χ1n) is 6.63. The van der Waals surface area contributed by atoms with Gasteiger partial charge in [-0.2, -0.15) is 0 Å². The van der Waals surface area contributed by atoms with Gasteiger partial charge in [0.15, 0.2) is 0 Å². The molecule has 0 spiro atoms. The molecule has 0 atom stereocenters. The molecule has 0 bridgehead atoms. The number of nitrogens with two attached hydrogens (primary N) is 1. The van der Waals surface area contributed by atoms with E-state index in [1.165, 1.54) is 0 Å². The molecule has 2 rings (SSSR count). The molecule has 1 aromatic rings. The molecule has 0 aromatic heterocycles. The fourth-order valence-corrected chi connectivity index (χ4v) is 2.17. The van der Waals surface area contributed by atoms with Crippen molar-refractivity contribution >= 4 is 5.84 Å². The molecule has 1 aliphatic rings. The van der Waals surface area contributed by atoms with Crippen LogP contribution in [-0.2, 0) is 0 Å². The van der Waals surface area contributed by atoms with Crippen molar-refractivity contribution in [3.63, 3.8) is 0 Å². The minimum Gasteiger partial charge on any atom is -0.492 e. The predicted molar refractivity (Wildman–Crippen MR) is 74.6 cm³/mol. The van der Waals surface area contributed by atoms with Crippen LogP contribution in [0.1, 0.15) is 18.4 Å². The molecule has 5 nitrogen and oxygen atoms in total. The summed E-state index contributed by atoms with van der Waals surface area (Å²) in [5.74, 6) is 0.862. The van der Waals surface area contributed by atoms with E-state index in [2.05, 4.69) is 4.90 Å². The molecule has 1 fully saturated rings. The number of nitrogens with zero attached hydrogens (tertiary/aromatic N) is 1. The topological polar surface area (TPSA) is 82.6 Å². The average molecular weight is 263 g/mol. The molecule has 1 saturated heterocycles. The Kier molecular flexibility index (Phi) is 4.76. The Morgan fingerprint density at radius 2 is 1.95 bits per heavy atom. The average Bonchev–Trinajstić information content (AvgIpc) is 2.41. The van der Waals surface area contributed by atoms with Crippen LogP contribution in [0.3, 0.4) is 0 Å². The Balaban J connectivity index is 1.72. The summed E-state index contributed by atoms with van der Waals surface area (Å²) >= 11 is 0. The molecule has 104 valence electrons. The fraction of sp³-hybridized carbons (Fsp3) is 0.500. The van der Waals surface area contributed by atoms with Crippen LogP contribution in [0.4, 0.5) is 0 Å². The van der Waals surface area contributed by atoms with Crippen molar-refractivity contribution in [2.45, 2.75) is 18.9 Å². The molecule has 0 radical (unpaired) electrons. The molecule has 4 N–H and O–H groups in total. The molecule has 1 aliphatic heterocycles. The van der Waals surface area contributed by atoms with Gasteiger partial charge >= 0.3 is 0 Å². The molecule has 0 aliphatic carbocycles. The predicted octanol–water partition coefficient (Wildman–Crippen LogP) is 0.806. The van der Waals surface area contributed by atoms with E-state index in [-0.39, 0.29) is 11.9 Å². The van der Waals surface area contributed by atoms with Crippen LogP contribution < -0.4 is 10.5 Å². The van der Waals surface area contributed by atoms with Crippen molar-refractivity contribution in [2.75, 3.05) is 26.2 Å². The second-order valence-corrected chi connectivity index (χ2v) is 4.86. The summed E-state index contributed by atoms with van der Waals surface area (Å²) in [7, 11) is 0. The molecular formula is C14H21N3O2. The Morgan fingerprint density at radius 3 is 2.53 bits per heavy atom. The number of benzene rings is 1. The third kappa shape index (κ3) is 4.22. The zero-order chi connectivity index (χ0) is 13.7. The van der Waals surface area contributed by atoms with Crippen LogP contribution in [0.15, 0.2) is 24.3 Å². The first-order chi connectivity index (χ1) is 9.15. The first kappa shape index (κ1) is 13.8. The van der Waals surface area contributed by atoms with Gasteiger partial charge in [0, 0.05) is 25.2 Å². The van der Waals surface area contributed by atoms with Gasteiger partial charge in [-0.1, -0.05) is 0 Å². The van der Waals surface area contributed by atoms with Crippen LogP contribution >= 0.6 is 0 Å². The number of nitrogens with one attached hydrogen (secondary N) is 1. The minimum atomic E-state index is -0.128. The van der Waals surface area contributed by atoms with Crippen molar-refractivity contribution in [1.82, 2.24) is 4.90 Å². The van der Waals surface area contributed by atoms with E-state index in [4.69, 9.17) is 15.9 Å². The highest BCUT2D eigenvalue weighted by Gasteiger charge is 2.16. The number of nitrogen functional groups attached to an aromatic ring is 1. The number of aliphatic hydroxyl groups is 1. The van der Waals surface area contributed by atoms with Gasteiger partial charge < -0.3 is 15.6 Å². The van der Waals surface area contributed by atoms with Crippen LogP contribution in [-0.4, -0.2) is 48.2 Å². The highest BCUT2D eigenvalue weighted by Crippen LogP contribution is 2.13. The Hall–Kier alpha value is -1.59. The van der Waals surface area contributed by atoms with E-state index in [1.807, 2.05) is 12.1 Å². The second kappa shape index (κ2) is 6.54. The number of hydrogen-bond acceptors (Lipinski definition) is 4. The molecule has 0 saturated carbocycles. The summed E-state index contributed by atoms with van der Waals surface area (Å²) in [6, 6.07) is 7.23. The maximum atomic E-state index is 9.42. The van der Waals surface area contributed by atoms with Gasteiger partial charge in [0.1, 0.15) is 18.2 Å². The number of ether oxygens (including phenoxy) is 1. The SMILES string of the molecule is N=C(N)c1ccc(OCCN2CCC(O)CC2)cc1. The number of amidine groups is 1. The standard InChI is InChI=1S/C14H21N3O2/c15-14(16)11-1-3-13(4-2-11)19-10-9-17-7-5-12(18)6-8-17/h1-4,12,18H,5-10H2,(H3,15,16). The van der Waals surface area contributed by atoms with Crippen molar-refractivity contribution in [3.8, 4) is 5.75 Å². The van der Waals surface area contributed by atoms with Gasteiger partial charge in [0.25, 0.3) is 0 Å². The number of likely N-dealkylation sites (tertiary alicyclic amines) is 1. The molecule has 5 heteroatoms. The summed E-state index contributed by atoms with van der Waals surface area (Å²) < 4.78 is 5.65. The largest absolute Gasteiger partial charge is 0.492 e. The van der Waals surface area contributed by atoms with Crippen molar-refractivity contribution in [3.05, 3.63) is 29.8 Å². The highest BCUT2D eigenvalue weighted by atomic mass is 16.5. The van der Waals surface area contributed by atoms with Crippen LogP contribution in [0.2, 0.25) is 0 Å². The molecule has 0 unspecified atom stereocenters. The Bertz CT molecular complexity index is 411. The fourth-order valence-electron chi connectivity index (χ4n) is 2.17. The molecule has 1 aromatic carbocycles. The van der Waals surface area contributed by atoms with E-state index in [0.29, 0.717) is 12.2 Å². The van der Waals surface area contributed by atoms with Crippen molar-refractivity contribution in [2.24, 2.45) is 5.73 Å². The second-order valence-electron chi connectivity index (χ2n) is 4.86. The van der Waals surface area contributed by atoms with Gasteiger partial charge in [0.2, 0.25) is 0 Å². The van der Waals surface area contributed by atoms with E-state index < -0.39 is 0 Å². The maximum Gasteiger partial charge on any atom is 0.122 e. The normalized spacial score (nSPS) is 17.3. The number of hydrogen-bond donors (Lipinski definition) is 3. The van der Waals surface area contributed by atoms with Crippen LogP contribution in [0.5, 0.6) is 5.75 Å². The number of piperidine rings is 1.